The van der Waals surface area contributed by atoms with Crippen molar-refractivity contribution in [1.29, 1.82) is 0 Å². The van der Waals surface area contributed by atoms with Crippen LogP contribution in [-0.4, -0.2) is 29.1 Å². The molecule has 1 atom stereocenters. The first-order chi connectivity index (χ1) is 8.74. The molecule has 2 aromatic rings. The van der Waals surface area contributed by atoms with Gasteiger partial charge in [-0.2, -0.15) is 11.8 Å². The molecule has 1 aromatic heterocycles. The maximum Gasteiger partial charge on any atom is 0.129 e. The molecule has 4 heteroatoms. The number of fused-ring (bicyclic) bond motifs is 1. The molecule has 1 fully saturated rings. The summed E-state index contributed by atoms with van der Waals surface area (Å²) in [5.74, 6) is 3.45. The lowest BCUT2D eigenvalue weighted by molar-refractivity contribution is 0.691. The van der Waals surface area contributed by atoms with E-state index in [0.717, 1.165) is 29.0 Å². The number of nitrogens with two attached hydrogens (primary N) is 1. The van der Waals surface area contributed by atoms with E-state index >= 15 is 0 Å². The van der Waals surface area contributed by atoms with Crippen LogP contribution in [-0.2, 0) is 0 Å². The van der Waals surface area contributed by atoms with Gasteiger partial charge in [0, 0.05) is 35.2 Å². The van der Waals surface area contributed by atoms with E-state index in [1.165, 1.54) is 11.5 Å². The van der Waals surface area contributed by atoms with Crippen molar-refractivity contribution in [1.82, 2.24) is 4.98 Å². The summed E-state index contributed by atoms with van der Waals surface area (Å²) < 4.78 is 0. The van der Waals surface area contributed by atoms with Gasteiger partial charge in [-0.3, -0.25) is 0 Å². The molecular formula is C14H17N3S. The Morgan fingerprint density at radius 3 is 3.06 bits per heavy atom. The van der Waals surface area contributed by atoms with Crippen LogP contribution in [0.25, 0.3) is 10.9 Å². The summed E-state index contributed by atoms with van der Waals surface area (Å²) in [6.07, 6.45) is 0. The number of nitrogen functional groups attached to an aromatic ring is 1. The molecule has 1 aromatic carbocycles. The van der Waals surface area contributed by atoms with Crippen molar-refractivity contribution < 1.29 is 0 Å². The number of nitrogens with zero attached hydrogens (tertiary/aromatic N) is 2. The van der Waals surface area contributed by atoms with Crippen molar-refractivity contribution in [3.63, 3.8) is 0 Å². The lowest BCUT2D eigenvalue weighted by Crippen LogP contribution is -2.40. The van der Waals surface area contributed by atoms with Gasteiger partial charge in [0.25, 0.3) is 0 Å². The molecule has 1 saturated heterocycles. The number of thioether (sulfide) groups is 1. The van der Waals surface area contributed by atoms with Crippen LogP contribution in [0.15, 0.2) is 30.3 Å². The molecule has 1 unspecified atom stereocenters. The molecule has 0 aliphatic carbocycles. The first kappa shape index (κ1) is 11.7. The number of rotatable bonds is 1. The topological polar surface area (TPSA) is 42.1 Å². The Bertz CT molecular complexity index is 570. The van der Waals surface area contributed by atoms with Gasteiger partial charge in [0.2, 0.25) is 0 Å². The fourth-order valence-electron chi connectivity index (χ4n) is 2.36. The molecule has 2 heterocycles. The van der Waals surface area contributed by atoms with Crippen LogP contribution in [0.3, 0.4) is 0 Å². The van der Waals surface area contributed by atoms with E-state index in [1.54, 1.807) is 0 Å². The monoisotopic (exact) mass is 259 g/mol. The highest BCUT2D eigenvalue weighted by molar-refractivity contribution is 7.99. The number of hydrogen-bond donors (Lipinski definition) is 1. The second-order valence-electron chi connectivity index (χ2n) is 4.74. The van der Waals surface area contributed by atoms with Crippen LogP contribution in [0, 0.1) is 0 Å². The van der Waals surface area contributed by atoms with Crippen molar-refractivity contribution in [2.75, 3.05) is 28.7 Å². The first-order valence-electron chi connectivity index (χ1n) is 6.25. The van der Waals surface area contributed by atoms with E-state index in [2.05, 4.69) is 24.0 Å². The Balaban J connectivity index is 1.99. The molecule has 0 amide bonds. The van der Waals surface area contributed by atoms with Crippen molar-refractivity contribution in [2.45, 2.75) is 13.0 Å². The van der Waals surface area contributed by atoms with Crippen molar-refractivity contribution >= 4 is 34.2 Å². The zero-order valence-electron chi connectivity index (χ0n) is 10.5. The predicted molar refractivity (Wildman–Crippen MR) is 80.3 cm³/mol. The standard InChI is InChI=1S/C14H17N3S/c1-10-9-18-7-6-17(10)14-5-2-11-8-12(15)3-4-13(11)16-14/h2-5,8,10H,6-7,9,15H2,1H3. The number of anilines is 2. The molecule has 0 bridgehead atoms. The van der Waals surface area contributed by atoms with Crippen LogP contribution < -0.4 is 10.6 Å². The maximum atomic E-state index is 5.79. The summed E-state index contributed by atoms with van der Waals surface area (Å²) in [5, 5.41) is 1.11. The average molecular weight is 259 g/mol. The molecular weight excluding hydrogens is 242 g/mol. The van der Waals surface area contributed by atoms with Gasteiger partial charge in [0.05, 0.1) is 5.52 Å². The van der Waals surface area contributed by atoms with E-state index in [0.29, 0.717) is 6.04 Å². The Kier molecular flexibility index (Phi) is 3.04. The van der Waals surface area contributed by atoms with E-state index in [-0.39, 0.29) is 0 Å². The lowest BCUT2D eigenvalue weighted by atomic mass is 10.2. The van der Waals surface area contributed by atoms with Crippen LogP contribution in [0.5, 0.6) is 0 Å². The second kappa shape index (κ2) is 4.69. The molecule has 94 valence electrons. The largest absolute Gasteiger partial charge is 0.399 e. The summed E-state index contributed by atoms with van der Waals surface area (Å²) in [6, 6.07) is 10.7. The normalized spacial score (nSPS) is 20.3. The Labute approximate surface area is 111 Å². The first-order valence-corrected chi connectivity index (χ1v) is 7.40. The number of hydrogen-bond acceptors (Lipinski definition) is 4. The summed E-state index contributed by atoms with van der Waals surface area (Å²) in [6.45, 7) is 3.35. The minimum absolute atomic E-state index is 0.558. The molecule has 0 saturated carbocycles. The SMILES string of the molecule is CC1CSCCN1c1ccc2cc(N)ccc2n1. The summed E-state index contributed by atoms with van der Waals surface area (Å²) >= 11 is 2.02. The van der Waals surface area contributed by atoms with Crippen LogP contribution >= 0.6 is 11.8 Å². The Hall–Kier alpha value is -1.42. The van der Waals surface area contributed by atoms with Crippen LogP contribution in [0.4, 0.5) is 11.5 Å². The minimum Gasteiger partial charge on any atom is -0.399 e. The van der Waals surface area contributed by atoms with E-state index in [9.17, 15) is 0 Å². The number of benzene rings is 1. The van der Waals surface area contributed by atoms with Gasteiger partial charge in [-0.1, -0.05) is 0 Å². The second-order valence-corrected chi connectivity index (χ2v) is 5.89. The fourth-order valence-corrected chi connectivity index (χ4v) is 3.37. The van der Waals surface area contributed by atoms with Gasteiger partial charge in [0.1, 0.15) is 5.82 Å². The third kappa shape index (κ3) is 2.12. The number of aromatic nitrogens is 1. The van der Waals surface area contributed by atoms with Crippen molar-refractivity contribution in [2.24, 2.45) is 0 Å². The molecule has 0 radical (unpaired) electrons. The summed E-state index contributed by atoms with van der Waals surface area (Å²) in [7, 11) is 0. The molecule has 0 spiro atoms. The quantitative estimate of drug-likeness (QED) is 0.800. The van der Waals surface area contributed by atoms with Gasteiger partial charge < -0.3 is 10.6 Å². The molecule has 1 aliphatic rings. The molecule has 3 nitrogen and oxygen atoms in total. The Morgan fingerprint density at radius 1 is 1.33 bits per heavy atom. The zero-order valence-corrected chi connectivity index (χ0v) is 11.3. The fraction of sp³-hybridized carbons (Fsp3) is 0.357. The van der Waals surface area contributed by atoms with E-state index < -0.39 is 0 Å². The van der Waals surface area contributed by atoms with Crippen LogP contribution in [0.1, 0.15) is 6.92 Å². The molecule has 3 rings (SSSR count). The van der Waals surface area contributed by atoms with E-state index in [1.807, 2.05) is 30.0 Å². The van der Waals surface area contributed by atoms with Gasteiger partial charge in [-0.15, -0.1) is 0 Å². The summed E-state index contributed by atoms with van der Waals surface area (Å²) in [5.41, 5.74) is 7.60. The highest BCUT2D eigenvalue weighted by atomic mass is 32.2. The van der Waals surface area contributed by atoms with Gasteiger partial charge in [-0.05, 0) is 37.3 Å². The average Bonchev–Trinajstić information content (AvgIpc) is 2.39. The predicted octanol–water partition coefficient (Wildman–Crippen LogP) is 2.76. The summed E-state index contributed by atoms with van der Waals surface area (Å²) in [4.78, 5) is 7.15. The van der Waals surface area contributed by atoms with E-state index in [4.69, 9.17) is 10.7 Å². The van der Waals surface area contributed by atoms with Gasteiger partial charge in [-0.25, -0.2) is 4.98 Å². The minimum atomic E-state index is 0.558. The van der Waals surface area contributed by atoms with Crippen molar-refractivity contribution in [3.8, 4) is 0 Å². The highest BCUT2D eigenvalue weighted by Crippen LogP contribution is 2.25. The zero-order chi connectivity index (χ0) is 12.5. The van der Waals surface area contributed by atoms with Crippen molar-refractivity contribution in [3.05, 3.63) is 30.3 Å². The highest BCUT2D eigenvalue weighted by Gasteiger charge is 2.19. The lowest BCUT2D eigenvalue weighted by Gasteiger charge is -2.34. The number of pyridine rings is 1. The van der Waals surface area contributed by atoms with Crippen LogP contribution in [0.2, 0.25) is 0 Å². The molecule has 18 heavy (non-hydrogen) atoms. The molecule has 2 N–H and O–H groups in total. The molecule has 1 aliphatic heterocycles. The third-order valence-corrected chi connectivity index (χ3v) is 4.55. The third-order valence-electron chi connectivity index (χ3n) is 3.36. The maximum absolute atomic E-state index is 5.79. The smallest absolute Gasteiger partial charge is 0.129 e. The van der Waals surface area contributed by atoms with Gasteiger partial charge in [0.15, 0.2) is 0 Å². The van der Waals surface area contributed by atoms with Gasteiger partial charge >= 0.3 is 0 Å². The Morgan fingerprint density at radius 2 is 2.22 bits per heavy atom.